The van der Waals surface area contributed by atoms with Crippen molar-refractivity contribution < 1.29 is 13.9 Å². The van der Waals surface area contributed by atoms with Gasteiger partial charge in [0.15, 0.2) is 6.10 Å². The number of ether oxygens (including phenoxy) is 1. The van der Waals surface area contributed by atoms with Crippen LogP contribution in [0.4, 0.5) is 4.39 Å². The minimum Gasteiger partial charge on any atom is -0.453 e. The lowest BCUT2D eigenvalue weighted by Crippen LogP contribution is -2.13. The second kappa shape index (κ2) is 7.09. The Morgan fingerprint density at radius 1 is 1.11 bits per heavy atom. The molecule has 2 aromatic carbocycles. The van der Waals surface area contributed by atoms with Gasteiger partial charge in [0.05, 0.1) is 17.3 Å². The summed E-state index contributed by atoms with van der Waals surface area (Å²) in [5.41, 5.74) is 4.87. The third-order valence-corrected chi connectivity index (χ3v) is 4.64. The third-order valence-electron chi connectivity index (χ3n) is 4.64. The van der Waals surface area contributed by atoms with Crippen LogP contribution >= 0.6 is 0 Å². The number of carbonyl (C=O) groups excluding carboxylic acids is 1. The van der Waals surface area contributed by atoms with Crippen molar-refractivity contribution in [1.82, 2.24) is 4.98 Å². The van der Waals surface area contributed by atoms with Gasteiger partial charge >= 0.3 is 5.97 Å². The number of hydrogen-bond donors (Lipinski definition) is 0. The van der Waals surface area contributed by atoms with E-state index < -0.39 is 12.1 Å². The molecule has 136 valence electrons. The predicted molar refractivity (Wildman–Crippen MR) is 103 cm³/mol. The third kappa shape index (κ3) is 3.17. The molecule has 4 rings (SSSR count). The molecule has 0 radical (unpaired) electrons. The Bertz CT molecular complexity index is 1140. The molecule has 1 unspecified atom stereocenters. The molecule has 1 heterocycles. The summed E-state index contributed by atoms with van der Waals surface area (Å²) in [6.45, 7) is 1.35. The second-order valence-corrected chi connectivity index (χ2v) is 6.45. The summed E-state index contributed by atoms with van der Waals surface area (Å²) in [7, 11) is 0. The summed E-state index contributed by atoms with van der Waals surface area (Å²) in [4.78, 5) is 16.3. The predicted octanol–water partition coefficient (Wildman–Crippen LogP) is 4.90. The lowest BCUT2D eigenvalue weighted by molar-refractivity contribution is -0.144. The zero-order valence-electron chi connectivity index (χ0n) is 15.0. The van der Waals surface area contributed by atoms with Crippen molar-refractivity contribution in [3.63, 3.8) is 0 Å². The fraction of sp³-hybridized carbons (Fsp3) is 0.0870. The van der Waals surface area contributed by atoms with Crippen molar-refractivity contribution in [3.8, 4) is 17.2 Å². The molecule has 1 aliphatic carbocycles. The Balaban J connectivity index is 1.91. The van der Waals surface area contributed by atoms with Gasteiger partial charge in [0, 0.05) is 29.8 Å². The average molecular weight is 370 g/mol. The molecule has 1 atom stereocenters. The molecule has 0 spiro atoms. The molecular formula is C23H15FN2O2. The quantitative estimate of drug-likeness (QED) is 0.602. The molecule has 0 bridgehead atoms. The molecule has 0 N–H and O–H groups in total. The average Bonchev–Trinajstić information content (AvgIpc) is 2.85. The number of aromatic nitrogens is 1. The molecule has 0 amide bonds. The van der Waals surface area contributed by atoms with Crippen LogP contribution in [0.1, 0.15) is 41.0 Å². The minimum absolute atomic E-state index is 0.315. The van der Waals surface area contributed by atoms with Gasteiger partial charge in [0.2, 0.25) is 0 Å². The van der Waals surface area contributed by atoms with Crippen LogP contribution in [0.3, 0.4) is 0 Å². The standard InChI is InChI=1S/C23H15FN2O2/c1-14(27)28-23-20-4-2-3-16(12-25)19(20)9-10-22-21(23)11-17(13-26-22)15-5-7-18(24)8-6-15/h2-11,13,23H,1H3. The largest absolute Gasteiger partial charge is 0.453 e. The molecular weight excluding hydrogens is 355 g/mol. The molecule has 0 fully saturated rings. The van der Waals surface area contributed by atoms with E-state index in [0.717, 1.165) is 16.7 Å². The van der Waals surface area contributed by atoms with Crippen LogP contribution in [0, 0.1) is 17.1 Å². The van der Waals surface area contributed by atoms with Crippen LogP contribution in [0.25, 0.3) is 23.3 Å². The maximum absolute atomic E-state index is 13.3. The van der Waals surface area contributed by atoms with E-state index in [1.807, 2.05) is 24.3 Å². The first-order chi connectivity index (χ1) is 13.6. The van der Waals surface area contributed by atoms with Crippen LogP contribution in [0.5, 0.6) is 0 Å². The number of nitrogens with zero attached hydrogens (tertiary/aromatic N) is 2. The summed E-state index contributed by atoms with van der Waals surface area (Å²) in [6.07, 6.45) is 4.63. The van der Waals surface area contributed by atoms with Gasteiger partial charge in [0.25, 0.3) is 0 Å². The molecule has 4 nitrogen and oxygen atoms in total. The van der Waals surface area contributed by atoms with E-state index >= 15 is 0 Å². The number of esters is 1. The number of pyridine rings is 1. The van der Waals surface area contributed by atoms with Crippen molar-refractivity contribution in [2.75, 3.05) is 0 Å². The maximum atomic E-state index is 13.3. The highest BCUT2D eigenvalue weighted by Gasteiger charge is 2.26. The number of nitriles is 1. The highest BCUT2D eigenvalue weighted by molar-refractivity contribution is 5.79. The van der Waals surface area contributed by atoms with Crippen LogP contribution in [0.2, 0.25) is 0 Å². The number of benzene rings is 2. The molecule has 3 aromatic rings. The zero-order valence-corrected chi connectivity index (χ0v) is 15.0. The molecule has 1 aromatic heterocycles. The van der Waals surface area contributed by atoms with Crippen LogP contribution in [-0.2, 0) is 9.53 Å². The van der Waals surface area contributed by atoms with E-state index in [4.69, 9.17) is 4.74 Å². The van der Waals surface area contributed by atoms with Gasteiger partial charge < -0.3 is 4.74 Å². The Morgan fingerprint density at radius 2 is 1.89 bits per heavy atom. The number of fused-ring (bicyclic) bond motifs is 2. The maximum Gasteiger partial charge on any atom is 0.303 e. The molecule has 0 saturated carbocycles. The molecule has 0 aliphatic heterocycles. The smallest absolute Gasteiger partial charge is 0.303 e. The van der Waals surface area contributed by atoms with Gasteiger partial charge in [-0.05, 0) is 41.5 Å². The van der Waals surface area contributed by atoms with E-state index in [9.17, 15) is 14.4 Å². The fourth-order valence-corrected chi connectivity index (χ4v) is 3.36. The second-order valence-electron chi connectivity index (χ2n) is 6.45. The van der Waals surface area contributed by atoms with Crippen molar-refractivity contribution in [1.29, 1.82) is 5.26 Å². The summed E-state index contributed by atoms with van der Waals surface area (Å²) < 4.78 is 18.9. The zero-order chi connectivity index (χ0) is 19.7. The van der Waals surface area contributed by atoms with Gasteiger partial charge in [-0.15, -0.1) is 0 Å². The first-order valence-corrected chi connectivity index (χ1v) is 8.71. The summed E-state index contributed by atoms with van der Waals surface area (Å²) in [6, 6.07) is 15.5. The first kappa shape index (κ1) is 17.6. The number of halogens is 1. The van der Waals surface area contributed by atoms with E-state index in [-0.39, 0.29) is 5.82 Å². The van der Waals surface area contributed by atoms with Gasteiger partial charge in [-0.25, -0.2) is 4.39 Å². The number of rotatable bonds is 2. The fourth-order valence-electron chi connectivity index (χ4n) is 3.36. The van der Waals surface area contributed by atoms with Crippen LogP contribution < -0.4 is 0 Å². The minimum atomic E-state index is -0.696. The molecule has 0 saturated heterocycles. The molecule has 5 heteroatoms. The summed E-state index contributed by atoms with van der Waals surface area (Å²) >= 11 is 0. The van der Waals surface area contributed by atoms with Crippen molar-refractivity contribution in [3.05, 3.63) is 88.5 Å². The normalized spacial score (nSPS) is 14.4. The van der Waals surface area contributed by atoms with Gasteiger partial charge in [-0.1, -0.05) is 30.3 Å². The SMILES string of the molecule is CC(=O)OC1c2cc(-c3ccc(F)cc3)cnc2C=Cc2c(C#N)cccc21. The van der Waals surface area contributed by atoms with E-state index in [2.05, 4.69) is 11.1 Å². The van der Waals surface area contributed by atoms with Crippen LogP contribution in [-0.4, -0.2) is 11.0 Å². The van der Waals surface area contributed by atoms with Crippen molar-refractivity contribution >= 4 is 18.1 Å². The van der Waals surface area contributed by atoms with Gasteiger partial charge in [-0.2, -0.15) is 5.26 Å². The number of hydrogen-bond acceptors (Lipinski definition) is 4. The first-order valence-electron chi connectivity index (χ1n) is 8.71. The number of carbonyl (C=O) groups is 1. The van der Waals surface area contributed by atoms with E-state index in [0.29, 0.717) is 22.4 Å². The molecule has 28 heavy (non-hydrogen) atoms. The monoisotopic (exact) mass is 370 g/mol. The Morgan fingerprint density at radius 3 is 2.61 bits per heavy atom. The Labute approximate surface area is 161 Å². The van der Waals surface area contributed by atoms with E-state index in [1.54, 1.807) is 30.5 Å². The Hall–Kier alpha value is -3.78. The topological polar surface area (TPSA) is 63.0 Å². The van der Waals surface area contributed by atoms with Gasteiger partial charge in [0.1, 0.15) is 5.82 Å². The lowest BCUT2D eigenvalue weighted by Gasteiger charge is -2.21. The molecule has 1 aliphatic rings. The van der Waals surface area contributed by atoms with Gasteiger partial charge in [-0.3, -0.25) is 9.78 Å². The Kier molecular flexibility index (Phi) is 4.46. The van der Waals surface area contributed by atoms with E-state index in [1.165, 1.54) is 19.1 Å². The summed E-state index contributed by atoms with van der Waals surface area (Å²) in [5, 5.41) is 9.45. The van der Waals surface area contributed by atoms with Crippen molar-refractivity contribution in [2.24, 2.45) is 0 Å². The highest BCUT2D eigenvalue weighted by atomic mass is 19.1. The highest BCUT2D eigenvalue weighted by Crippen LogP contribution is 2.37. The summed E-state index contributed by atoms with van der Waals surface area (Å²) in [5.74, 6) is -0.747. The lowest BCUT2D eigenvalue weighted by atomic mass is 9.94. The van der Waals surface area contributed by atoms with Crippen molar-refractivity contribution in [2.45, 2.75) is 13.0 Å². The van der Waals surface area contributed by atoms with Crippen LogP contribution in [0.15, 0.2) is 54.7 Å².